The van der Waals surface area contributed by atoms with Crippen LogP contribution in [0.1, 0.15) is 23.0 Å². The molecule has 134 valence electrons. The first-order chi connectivity index (χ1) is 11.6. The van der Waals surface area contributed by atoms with Crippen molar-refractivity contribution in [1.29, 1.82) is 0 Å². The Kier molecular flexibility index (Phi) is 5.92. The van der Waals surface area contributed by atoms with Gasteiger partial charge in [-0.25, -0.2) is 0 Å². The van der Waals surface area contributed by atoms with Crippen LogP contribution < -0.4 is 0 Å². The molecular weight excluding hydrogens is 322 g/mol. The molecule has 5 nitrogen and oxygen atoms in total. The number of hydrogen-bond acceptors (Lipinski definition) is 5. The lowest BCUT2D eigenvalue weighted by atomic mass is 9.88. The van der Waals surface area contributed by atoms with Crippen LogP contribution in [0.5, 0.6) is 0 Å². The van der Waals surface area contributed by atoms with E-state index in [1.165, 1.54) is 11.3 Å². The van der Waals surface area contributed by atoms with Crippen molar-refractivity contribution < 1.29 is 9.90 Å². The summed E-state index contributed by atoms with van der Waals surface area (Å²) in [5.74, 6) is 0.932. The summed E-state index contributed by atoms with van der Waals surface area (Å²) in [7, 11) is 2.17. The fourth-order valence-electron chi connectivity index (χ4n) is 4.11. The third-order valence-corrected chi connectivity index (χ3v) is 6.56. The first-order valence-corrected chi connectivity index (χ1v) is 9.88. The van der Waals surface area contributed by atoms with Crippen LogP contribution in [0, 0.1) is 11.8 Å². The summed E-state index contributed by atoms with van der Waals surface area (Å²) >= 11 is 1.49. The van der Waals surface area contributed by atoms with Crippen molar-refractivity contribution in [3.05, 3.63) is 22.4 Å². The van der Waals surface area contributed by atoms with E-state index in [1.807, 2.05) is 22.4 Å². The van der Waals surface area contributed by atoms with Crippen molar-refractivity contribution >= 4 is 17.2 Å². The van der Waals surface area contributed by atoms with Crippen molar-refractivity contribution in [2.75, 3.05) is 52.9 Å². The van der Waals surface area contributed by atoms with Gasteiger partial charge in [-0.15, -0.1) is 11.3 Å². The number of rotatable bonds is 5. The summed E-state index contributed by atoms with van der Waals surface area (Å²) in [4.78, 5) is 20.4. The van der Waals surface area contributed by atoms with Crippen LogP contribution in [0.15, 0.2) is 17.5 Å². The predicted molar refractivity (Wildman–Crippen MR) is 97.4 cm³/mol. The minimum absolute atomic E-state index is 0.0517. The molecule has 1 aromatic heterocycles. The maximum Gasteiger partial charge on any atom is 0.264 e. The van der Waals surface area contributed by atoms with E-state index in [2.05, 4.69) is 23.8 Å². The number of carbonyl (C=O) groups excluding carboxylic acids is 1. The van der Waals surface area contributed by atoms with Gasteiger partial charge in [0.05, 0.1) is 17.5 Å². The van der Waals surface area contributed by atoms with Crippen LogP contribution in [-0.2, 0) is 0 Å². The van der Waals surface area contributed by atoms with E-state index >= 15 is 0 Å². The molecule has 0 radical (unpaired) electrons. The molecule has 6 heteroatoms. The third kappa shape index (κ3) is 3.67. The van der Waals surface area contributed by atoms with Gasteiger partial charge in [-0.2, -0.15) is 0 Å². The molecule has 2 fully saturated rings. The number of carbonyl (C=O) groups is 1. The maximum absolute atomic E-state index is 12.8. The molecule has 1 amide bonds. The van der Waals surface area contributed by atoms with Crippen LogP contribution in [0.25, 0.3) is 0 Å². The van der Waals surface area contributed by atoms with E-state index in [4.69, 9.17) is 0 Å². The number of aliphatic hydroxyl groups is 1. The Morgan fingerprint density at radius 1 is 1.33 bits per heavy atom. The zero-order chi connectivity index (χ0) is 17.1. The highest BCUT2D eigenvalue weighted by Crippen LogP contribution is 2.34. The van der Waals surface area contributed by atoms with Gasteiger partial charge in [-0.05, 0) is 30.3 Å². The number of thiophene rings is 1. The van der Waals surface area contributed by atoms with Crippen molar-refractivity contribution in [3.63, 3.8) is 0 Å². The van der Waals surface area contributed by atoms with Gasteiger partial charge in [0.2, 0.25) is 0 Å². The fourth-order valence-corrected chi connectivity index (χ4v) is 4.79. The molecule has 1 N–H and O–H groups in total. The highest BCUT2D eigenvalue weighted by molar-refractivity contribution is 7.12. The number of amides is 1. The largest absolute Gasteiger partial charge is 0.394 e. The molecule has 0 saturated carbocycles. The first-order valence-electron chi connectivity index (χ1n) is 9.00. The average molecular weight is 352 g/mol. The summed E-state index contributed by atoms with van der Waals surface area (Å²) in [6.07, 6.45) is 1.06. The van der Waals surface area contributed by atoms with Crippen molar-refractivity contribution in [2.45, 2.75) is 19.4 Å². The lowest BCUT2D eigenvalue weighted by molar-refractivity contribution is 0.0596. The number of likely N-dealkylation sites (tertiary alicyclic amines) is 1. The van der Waals surface area contributed by atoms with Gasteiger partial charge in [0.15, 0.2) is 0 Å². The van der Waals surface area contributed by atoms with Crippen LogP contribution in [0.3, 0.4) is 0 Å². The summed E-state index contributed by atoms with van der Waals surface area (Å²) in [5, 5.41) is 12.0. The molecule has 2 aliphatic rings. The SMILES string of the molecule is CC[C@@H]1CN(C(=O)c2cccs2)[C@H](CO)[C@@H]1CN1CCN(C)CC1. The normalized spacial score (nSPS) is 29.3. The molecule has 2 aliphatic heterocycles. The van der Waals surface area contributed by atoms with Gasteiger partial charge in [0, 0.05) is 39.3 Å². The quantitative estimate of drug-likeness (QED) is 0.872. The Hall–Kier alpha value is -0.950. The first kappa shape index (κ1) is 17.9. The monoisotopic (exact) mass is 351 g/mol. The predicted octanol–water partition coefficient (Wildman–Crippen LogP) is 1.45. The smallest absolute Gasteiger partial charge is 0.264 e. The maximum atomic E-state index is 12.8. The minimum Gasteiger partial charge on any atom is -0.394 e. The van der Waals surface area contributed by atoms with Crippen molar-refractivity contribution in [3.8, 4) is 0 Å². The van der Waals surface area contributed by atoms with E-state index in [-0.39, 0.29) is 18.6 Å². The number of piperazine rings is 1. The van der Waals surface area contributed by atoms with Gasteiger partial charge in [0.25, 0.3) is 5.91 Å². The van der Waals surface area contributed by atoms with E-state index in [0.717, 1.165) is 50.6 Å². The Morgan fingerprint density at radius 3 is 2.67 bits per heavy atom. The molecule has 24 heavy (non-hydrogen) atoms. The van der Waals surface area contributed by atoms with E-state index in [0.29, 0.717) is 11.8 Å². The van der Waals surface area contributed by atoms with Crippen molar-refractivity contribution in [1.82, 2.24) is 14.7 Å². The Morgan fingerprint density at radius 2 is 2.08 bits per heavy atom. The molecule has 1 aromatic rings. The number of likely N-dealkylation sites (N-methyl/N-ethyl adjacent to an activating group) is 1. The Balaban J connectivity index is 1.71. The van der Waals surface area contributed by atoms with Crippen LogP contribution in [0.2, 0.25) is 0 Å². The van der Waals surface area contributed by atoms with Gasteiger partial charge >= 0.3 is 0 Å². The van der Waals surface area contributed by atoms with Crippen LogP contribution in [-0.4, -0.2) is 84.7 Å². The Labute approximate surface area is 148 Å². The molecular formula is C18H29N3O2S. The van der Waals surface area contributed by atoms with Gasteiger partial charge in [-0.1, -0.05) is 19.4 Å². The molecule has 2 saturated heterocycles. The zero-order valence-electron chi connectivity index (χ0n) is 14.7. The standard InChI is InChI=1S/C18H29N3O2S/c1-3-14-11-21(18(23)17-5-4-10-24-17)16(13-22)15(14)12-20-8-6-19(2)7-9-20/h4-5,10,14-16,22H,3,6-9,11-13H2,1-2H3/t14-,15-,16-/m1/s1. The summed E-state index contributed by atoms with van der Waals surface area (Å²) < 4.78 is 0. The van der Waals surface area contributed by atoms with Crippen molar-refractivity contribution in [2.24, 2.45) is 11.8 Å². The minimum atomic E-state index is -0.0517. The van der Waals surface area contributed by atoms with E-state index in [9.17, 15) is 9.90 Å². The molecule has 3 atom stereocenters. The second-order valence-corrected chi connectivity index (χ2v) is 8.07. The fraction of sp³-hybridized carbons (Fsp3) is 0.722. The number of nitrogens with zero attached hydrogens (tertiary/aromatic N) is 3. The molecule has 0 unspecified atom stereocenters. The second kappa shape index (κ2) is 7.95. The molecule has 0 aliphatic carbocycles. The molecule has 0 spiro atoms. The summed E-state index contributed by atoms with van der Waals surface area (Å²) in [5.41, 5.74) is 0. The lowest BCUT2D eigenvalue weighted by Crippen LogP contribution is -2.49. The number of aliphatic hydroxyl groups excluding tert-OH is 1. The second-order valence-electron chi connectivity index (χ2n) is 7.12. The molecule has 3 heterocycles. The van der Waals surface area contributed by atoms with Crippen LogP contribution in [0.4, 0.5) is 0 Å². The van der Waals surface area contributed by atoms with Crippen LogP contribution >= 0.6 is 11.3 Å². The highest BCUT2D eigenvalue weighted by atomic mass is 32.1. The number of hydrogen-bond donors (Lipinski definition) is 1. The van der Waals surface area contributed by atoms with E-state index in [1.54, 1.807) is 0 Å². The Bertz CT molecular complexity index is 528. The molecule has 3 rings (SSSR count). The molecule has 0 aromatic carbocycles. The summed E-state index contributed by atoms with van der Waals surface area (Å²) in [6, 6.07) is 3.75. The van der Waals surface area contributed by atoms with Gasteiger partial charge in [0.1, 0.15) is 0 Å². The molecule has 0 bridgehead atoms. The lowest BCUT2D eigenvalue weighted by Gasteiger charge is -2.36. The topological polar surface area (TPSA) is 47.0 Å². The third-order valence-electron chi connectivity index (χ3n) is 5.70. The van der Waals surface area contributed by atoms with Gasteiger partial charge < -0.3 is 19.8 Å². The average Bonchev–Trinajstić information content (AvgIpc) is 3.24. The van der Waals surface area contributed by atoms with Gasteiger partial charge in [-0.3, -0.25) is 4.79 Å². The van der Waals surface area contributed by atoms with E-state index < -0.39 is 0 Å². The zero-order valence-corrected chi connectivity index (χ0v) is 15.5. The highest BCUT2D eigenvalue weighted by Gasteiger charge is 2.43. The summed E-state index contributed by atoms with van der Waals surface area (Å²) in [6.45, 7) is 8.40.